The lowest BCUT2D eigenvalue weighted by molar-refractivity contribution is -0.114. The standard InChI is InChI=1S/C20H15BrN4OS/c1-13(26)24-18-8-6-17(7-9-18)23-11-15(10-22)20-25-19(12-27-20)14-2-4-16(21)5-3-14/h2-9,11-12,23H,1H3,(H,24,26)/b15-11+. The van der Waals surface area contributed by atoms with Gasteiger partial charge < -0.3 is 10.6 Å². The summed E-state index contributed by atoms with van der Waals surface area (Å²) >= 11 is 4.84. The van der Waals surface area contributed by atoms with Gasteiger partial charge in [-0.15, -0.1) is 11.3 Å². The normalized spacial score (nSPS) is 10.9. The predicted molar refractivity (Wildman–Crippen MR) is 113 cm³/mol. The summed E-state index contributed by atoms with van der Waals surface area (Å²) < 4.78 is 1.01. The van der Waals surface area contributed by atoms with E-state index in [9.17, 15) is 10.1 Å². The molecule has 1 heterocycles. The molecular weight excluding hydrogens is 424 g/mol. The van der Waals surface area contributed by atoms with Crippen molar-refractivity contribution in [2.45, 2.75) is 6.92 Å². The number of halogens is 1. The second-order valence-corrected chi connectivity index (χ2v) is 7.39. The third-order valence-electron chi connectivity index (χ3n) is 3.58. The number of carbonyl (C=O) groups is 1. The largest absolute Gasteiger partial charge is 0.360 e. The van der Waals surface area contributed by atoms with Gasteiger partial charge in [-0.05, 0) is 36.4 Å². The van der Waals surface area contributed by atoms with Crippen LogP contribution in [-0.4, -0.2) is 10.9 Å². The van der Waals surface area contributed by atoms with Crippen LogP contribution in [0.1, 0.15) is 11.9 Å². The van der Waals surface area contributed by atoms with Crippen molar-refractivity contribution in [1.29, 1.82) is 5.26 Å². The van der Waals surface area contributed by atoms with Crippen molar-refractivity contribution < 1.29 is 4.79 Å². The maximum atomic E-state index is 11.0. The van der Waals surface area contributed by atoms with E-state index in [-0.39, 0.29) is 5.91 Å². The highest BCUT2D eigenvalue weighted by atomic mass is 79.9. The minimum atomic E-state index is -0.118. The highest BCUT2D eigenvalue weighted by molar-refractivity contribution is 9.10. The number of aromatic nitrogens is 1. The summed E-state index contributed by atoms with van der Waals surface area (Å²) in [5.74, 6) is -0.118. The summed E-state index contributed by atoms with van der Waals surface area (Å²) in [5, 5.41) is 17.9. The molecule has 3 rings (SSSR count). The van der Waals surface area contributed by atoms with Crippen molar-refractivity contribution in [2.24, 2.45) is 0 Å². The van der Waals surface area contributed by atoms with E-state index >= 15 is 0 Å². The van der Waals surface area contributed by atoms with E-state index in [2.05, 4.69) is 37.6 Å². The molecule has 0 bridgehead atoms. The number of allylic oxidation sites excluding steroid dienone is 1. The Hall–Kier alpha value is -2.95. The fourth-order valence-electron chi connectivity index (χ4n) is 2.30. The lowest BCUT2D eigenvalue weighted by atomic mass is 10.2. The molecular formula is C20H15BrN4OS. The third kappa shape index (κ3) is 5.03. The summed E-state index contributed by atoms with van der Waals surface area (Å²) in [4.78, 5) is 15.6. The molecule has 0 spiro atoms. The summed E-state index contributed by atoms with van der Waals surface area (Å²) in [7, 11) is 0. The third-order valence-corrected chi connectivity index (χ3v) is 4.99. The van der Waals surface area contributed by atoms with Crippen molar-refractivity contribution >= 4 is 50.1 Å². The molecule has 0 aliphatic rings. The van der Waals surface area contributed by atoms with Gasteiger partial charge in [-0.25, -0.2) is 4.98 Å². The second kappa shape index (κ2) is 8.62. The van der Waals surface area contributed by atoms with E-state index in [1.54, 1.807) is 18.3 Å². The predicted octanol–water partition coefficient (Wildman–Crippen LogP) is 5.51. The summed E-state index contributed by atoms with van der Waals surface area (Å²) in [6.07, 6.45) is 1.64. The van der Waals surface area contributed by atoms with Crippen molar-refractivity contribution in [2.75, 3.05) is 10.6 Å². The van der Waals surface area contributed by atoms with E-state index in [0.717, 1.165) is 27.1 Å². The van der Waals surface area contributed by atoms with E-state index in [1.165, 1.54) is 18.3 Å². The number of rotatable bonds is 5. The monoisotopic (exact) mass is 438 g/mol. The van der Waals surface area contributed by atoms with Gasteiger partial charge in [0.2, 0.25) is 5.91 Å². The molecule has 0 aliphatic heterocycles. The zero-order valence-electron chi connectivity index (χ0n) is 14.4. The molecule has 0 radical (unpaired) electrons. The number of hydrogen-bond donors (Lipinski definition) is 2. The first kappa shape index (κ1) is 18.8. The van der Waals surface area contributed by atoms with Crippen molar-refractivity contribution in [3.05, 3.63) is 69.6 Å². The van der Waals surface area contributed by atoms with Gasteiger partial charge in [-0.2, -0.15) is 5.26 Å². The van der Waals surface area contributed by atoms with Crippen LogP contribution < -0.4 is 10.6 Å². The Bertz CT molecular complexity index is 1020. The van der Waals surface area contributed by atoms with Crippen LogP contribution >= 0.6 is 27.3 Å². The Morgan fingerprint density at radius 2 is 1.81 bits per heavy atom. The molecule has 1 amide bonds. The molecule has 0 saturated carbocycles. The zero-order chi connectivity index (χ0) is 19.2. The van der Waals surface area contributed by atoms with Crippen molar-refractivity contribution in [1.82, 2.24) is 4.98 Å². The first-order valence-corrected chi connectivity index (χ1v) is 9.69. The van der Waals surface area contributed by atoms with Gasteiger partial charge in [0.15, 0.2) is 0 Å². The molecule has 1 aromatic heterocycles. The van der Waals surface area contributed by atoms with Gasteiger partial charge >= 0.3 is 0 Å². The van der Waals surface area contributed by atoms with Gasteiger partial charge in [0.05, 0.1) is 5.69 Å². The van der Waals surface area contributed by atoms with Crippen molar-refractivity contribution in [3.8, 4) is 17.3 Å². The lowest BCUT2D eigenvalue weighted by Crippen LogP contribution is -2.05. The molecule has 134 valence electrons. The van der Waals surface area contributed by atoms with Crippen LogP contribution in [0.3, 0.4) is 0 Å². The molecule has 0 aliphatic carbocycles. The number of benzene rings is 2. The zero-order valence-corrected chi connectivity index (χ0v) is 16.8. The number of anilines is 2. The highest BCUT2D eigenvalue weighted by Gasteiger charge is 2.09. The first-order valence-electron chi connectivity index (χ1n) is 8.01. The average molecular weight is 439 g/mol. The fraction of sp³-hybridized carbons (Fsp3) is 0.0500. The quantitative estimate of drug-likeness (QED) is 0.514. The number of nitriles is 1. The van der Waals surface area contributed by atoms with Crippen molar-refractivity contribution in [3.63, 3.8) is 0 Å². The molecule has 3 aromatic rings. The van der Waals surface area contributed by atoms with Crippen LogP contribution in [0.2, 0.25) is 0 Å². The van der Waals surface area contributed by atoms with Gasteiger partial charge in [-0.1, -0.05) is 28.1 Å². The molecule has 0 atom stereocenters. The minimum Gasteiger partial charge on any atom is -0.360 e. The van der Waals surface area contributed by atoms with Crippen LogP contribution in [0.5, 0.6) is 0 Å². The van der Waals surface area contributed by atoms with E-state index in [1.807, 2.05) is 41.8 Å². The van der Waals surface area contributed by atoms with E-state index in [4.69, 9.17) is 0 Å². The Morgan fingerprint density at radius 3 is 2.44 bits per heavy atom. The van der Waals surface area contributed by atoms with Gasteiger partial charge in [0.1, 0.15) is 16.6 Å². The number of nitrogens with one attached hydrogen (secondary N) is 2. The topological polar surface area (TPSA) is 77.8 Å². The molecule has 2 aromatic carbocycles. The maximum absolute atomic E-state index is 11.0. The molecule has 0 fully saturated rings. The van der Waals surface area contributed by atoms with E-state index in [0.29, 0.717) is 10.6 Å². The van der Waals surface area contributed by atoms with Gasteiger partial charge in [0, 0.05) is 39.9 Å². The smallest absolute Gasteiger partial charge is 0.221 e. The summed E-state index contributed by atoms with van der Waals surface area (Å²) in [6, 6.07) is 17.3. The highest BCUT2D eigenvalue weighted by Crippen LogP contribution is 2.27. The molecule has 27 heavy (non-hydrogen) atoms. The van der Waals surface area contributed by atoms with Gasteiger partial charge in [0.25, 0.3) is 0 Å². The molecule has 0 saturated heterocycles. The maximum Gasteiger partial charge on any atom is 0.221 e. The number of amides is 1. The van der Waals surface area contributed by atoms with Crippen LogP contribution in [0.4, 0.5) is 11.4 Å². The second-order valence-electron chi connectivity index (χ2n) is 5.62. The molecule has 2 N–H and O–H groups in total. The molecule has 0 unspecified atom stereocenters. The number of nitrogens with zero attached hydrogens (tertiary/aromatic N) is 2. The number of carbonyl (C=O) groups excluding carboxylic acids is 1. The number of thiazole rings is 1. The Labute approximate surface area is 169 Å². The Kier molecular flexibility index (Phi) is 6.01. The average Bonchev–Trinajstić information content (AvgIpc) is 3.14. The Morgan fingerprint density at radius 1 is 1.15 bits per heavy atom. The van der Waals surface area contributed by atoms with Crippen LogP contribution in [-0.2, 0) is 4.79 Å². The fourth-order valence-corrected chi connectivity index (χ4v) is 3.36. The summed E-state index contributed by atoms with van der Waals surface area (Å²) in [5.41, 5.74) is 3.82. The SMILES string of the molecule is CC(=O)Nc1ccc(N/C=C(\C#N)c2nc(-c3ccc(Br)cc3)cs2)cc1. The Balaban J connectivity index is 1.74. The minimum absolute atomic E-state index is 0.118. The van der Waals surface area contributed by atoms with Gasteiger partial charge in [-0.3, -0.25) is 4.79 Å². The lowest BCUT2D eigenvalue weighted by Gasteiger charge is -2.04. The molecule has 5 nitrogen and oxygen atoms in total. The van der Waals surface area contributed by atoms with Crippen LogP contribution in [0, 0.1) is 11.3 Å². The van der Waals surface area contributed by atoms with Crippen LogP contribution in [0.25, 0.3) is 16.8 Å². The number of hydrogen-bond acceptors (Lipinski definition) is 5. The first-order chi connectivity index (χ1) is 13.0. The van der Waals surface area contributed by atoms with E-state index < -0.39 is 0 Å². The molecule has 7 heteroatoms. The summed E-state index contributed by atoms with van der Waals surface area (Å²) in [6.45, 7) is 1.46. The van der Waals surface area contributed by atoms with Crippen LogP contribution in [0.15, 0.2) is 64.6 Å².